The summed E-state index contributed by atoms with van der Waals surface area (Å²) in [5, 5.41) is 34.1. The third-order valence-electron chi connectivity index (χ3n) is 8.85. The molecule has 20 heteroatoms. The van der Waals surface area contributed by atoms with Crippen molar-refractivity contribution in [3.05, 3.63) is 35.9 Å². The van der Waals surface area contributed by atoms with Crippen molar-refractivity contribution in [2.24, 2.45) is 34.0 Å². The lowest BCUT2D eigenvalue weighted by atomic mass is 9.98. The molecule has 0 unspecified atom stereocenters. The van der Waals surface area contributed by atoms with Crippen molar-refractivity contribution in [3.8, 4) is 0 Å². The smallest absolute Gasteiger partial charge is 0.326 e. The van der Waals surface area contributed by atoms with E-state index in [1.807, 2.05) is 13.8 Å². The zero-order chi connectivity index (χ0) is 43.4. The van der Waals surface area contributed by atoms with E-state index in [2.05, 4.69) is 36.9 Å². The molecule has 0 aliphatic rings. The van der Waals surface area contributed by atoms with Gasteiger partial charge in [0.1, 0.15) is 36.3 Å². The first-order chi connectivity index (χ1) is 26.7. The summed E-state index contributed by atoms with van der Waals surface area (Å²) >= 11 is 0. The van der Waals surface area contributed by atoms with Gasteiger partial charge in [0.15, 0.2) is 5.96 Å². The lowest BCUT2D eigenvalue weighted by molar-refractivity contribution is -0.144. The van der Waals surface area contributed by atoms with Gasteiger partial charge in [0, 0.05) is 13.0 Å². The minimum absolute atomic E-state index is 0.0355. The van der Waals surface area contributed by atoms with E-state index in [0.717, 1.165) is 0 Å². The molecule has 0 heterocycles. The van der Waals surface area contributed by atoms with Crippen LogP contribution in [0.15, 0.2) is 35.3 Å². The molecule has 1 aromatic carbocycles. The Morgan fingerprint density at radius 3 is 1.72 bits per heavy atom. The number of carbonyl (C=O) groups is 8. The lowest BCUT2D eigenvalue weighted by Gasteiger charge is -2.27. The first-order valence-corrected chi connectivity index (χ1v) is 18.8. The molecule has 0 aliphatic heterocycles. The highest BCUT2D eigenvalue weighted by Gasteiger charge is 2.34. The van der Waals surface area contributed by atoms with Crippen LogP contribution in [0.25, 0.3) is 0 Å². The Kier molecular flexibility index (Phi) is 21.3. The molecule has 0 aliphatic carbocycles. The van der Waals surface area contributed by atoms with Gasteiger partial charge in [0.25, 0.3) is 0 Å². The topological polar surface area (TPSA) is 340 Å². The van der Waals surface area contributed by atoms with Gasteiger partial charge >= 0.3 is 11.9 Å². The van der Waals surface area contributed by atoms with Crippen molar-refractivity contribution < 1.29 is 48.6 Å². The Labute approximate surface area is 332 Å². The molecule has 6 amide bonds. The number of carboxylic acids is 2. The molecule has 0 saturated heterocycles. The molecule has 0 fully saturated rings. The van der Waals surface area contributed by atoms with Crippen LogP contribution in [0.1, 0.15) is 79.2 Å². The van der Waals surface area contributed by atoms with E-state index in [4.69, 9.17) is 17.2 Å². The van der Waals surface area contributed by atoms with Gasteiger partial charge in [-0.15, -0.1) is 0 Å². The highest BCUT2D eigenvalue weighted by Crippen LogP contribution is 2.11. The molecule has 0 aromatic heterocycles. The standard InChI is InChI=1S/C37H60N10O10/c1-7-20(4)29(36(56)57)47-35(55)26(17-23-12-9-8-10-13-23)45-34(54)27(18-28(48)49)46-33(53)25(14-11-15-41-37(39)40)44-31(51)22(6)42-30(50)21(5)43-32(52)24(38)16-19(2)3/h8-10,12-13,19-22,24-27,29H,7,11,14-18,38H2,1-6H3,(H,42,50)(H,43,52)(H,44,51)(H,45,54)(H,46,53)(H,47,55)(H,48,49)(H,56,57)(H4,39,40,41)/t20-,21-,22-,24-,25-,26-,27-,29-/m0/s1. The molecule has 1 aromatic rings. The third kappa shape index (κ3) is 18.6. The van der Waals surface area contributed by atoms with Crippen LogP contribution in [-0.4, -0.2) is 112 Å². The predicted molar refractivity (Wildman–Crippen MR) is 210 cm³/mol. The normalized spacial score (nSPS) is 15.2. The van der Waals surface area contributed by atoms with E-state index in [0.29, 0.717) is 18.4 Å². The van der Waals surface area contributed by atoms with Crippen LogP contribution in [0.3, 0.4) is 0 Å². The summed E-state index contributed by atoms with van der Waals surface area (Å²) in [7, 11) is 0. The third-order valence-corrected chi connectivity index (χ3v) is 8.85. The maximum absolute atomic E-state index is 13.7. The van der Waals surface area contributed by atoms with Crippen molar-refractivity contribution >= 4 is 53.3 Å². The highest BCUT2D eigenvalue weighted by atomic mass is 16.4. The molecular formula is C37H60N10O10. The number of carboxylic acid groups (broad SMARTS) is 2. The zero-order valence-electron chi connectivity index (χ0n) is 33.4. The lowest BCUT2D eigenvalue weighted by Crippen LogP contribution is -2.60. The van der Waals surface area contributed by atoms with Crippen molar-refractivity contribution in [1.29, 1.82) is 0 Å². The largest absolute Gasteiger partial charge is 0.481 e. The number of carbonyl (C=O) groups excluding carboxylic acids is 6. The number of hydrogen-bond donors (Lipinski definition) is 11. The van der Waals surface area contributed by atoms with Crippen LogP contribution in [0.2, 0.25) is 0 Å². The molecule has 1 rings (SSSR count). The first-order valence-electron chi connectivity index (χ1n) is 18.8. The second-order valence-electron chi connectivity index (χ2n) is 14.3. The van der Waals surface area contributed by atoms with E-state index >= 15 is 0 Å². The molecule has 0 saturated carbocycles. The van der Waals surface area contributed by atoms with E-state index in [9.17, 15) is 48.6 Å². The maximum atomic E-state index is 13.7. The summed E-state index contributed by atoms with van der Waals surface area (Å²) in [6, 6.07) is -0.573. The molecule has 8 atom stereocenters. The monoisotopic (exact) mass is 804 g/mol. The summed E-state index contributed by atoms with van der Waals surface area (Å²) < 4.78 is 0. The van der Waals surface area contributed by atoms with Crippen LogP contribution >= 0.6 is 0 Å². The maximum Gasteiger partial charge on any atom is 0.326 e. The molecule has 0 bridgehead atoms. The minimum Gasteiger partial charge on any atom is -0.481 e. The number of aliphatic carboxylic acids is 2. The van der Waals surface area contributed by atoms with Crippen LogP contribution in [0.5, 0.6) is 0 Å². The van der Waals surface area contributed by atoms with Gasteiger partial charge in [-0.05, 0) is 50.5 Å². The summed E-state index contributed by atoms with van der Waals surface area (Å²) in [4.78, 5) is 107. The number of nitrogens with one attached hydrogen (secondary N) is 6. The molecule has 318 valence electrons. The second-order valence-corrected chi connectivity index (χ2v) is 14.3. The summed E-state index contributed by atoms with van der Waals surface area (Å²) in [6.45, 7) is 9.92. The fourth-order valence-electron chi connectivity index (χ4n) is 5.40. The number of nitrogens with two attached hydrogens (primary N) is 3. The van der Waals surface area contributed by atoms with Crippen LogP contribution in [0.4, 0.5) is 0 Å². The van der Waals surface area contributed by atoms with Crippen molar-refractivity contribution in [2.45, 2.75) is 122 Å². The van der Waals surface area contributed by atoms with Gasteiger partial charge in [0.05, 0.1) is 12.5 Å². The van der Waals surface area contributed by atoms with Gasteiger partial charge in [-0.1, -0.05) is 64.4 Å². The van der Waals surface area contributed by atoms with Gasteiger partial charge in [0.2, 0.25) is 35.4 Å². The number of nitrogens with zero attached hydrogens (tertiary/aromatic N) is 1. The SMILES string of the molecule is CC[C@H](C)[C@H](NC(=O)[C@H](Cc1ccccc1)NC(=O)[C@H](CC(=O)O)NC(=O)[C@H](CCCN=C(N)N)NC(=O)[C@H](C)NC(=O)[C@H](C)NC(=O)[C@@H](N)CC(C)C)C(=O)O. The van der Waals surface area contributed by atoms with E-state index in [1.54, 1.807) is 44.2 Å². The van der Waals surface area contributed by atoms with Crippen LogP contribution in [-0.2, 0) is 44.8 Å². The van der Waals surface area contributed by atoms with E-state index < -0.39 is 102 Å². The average Bonchev–Trinajstić information content (AvgIpc) is 3.13. The number of hydrogen-bond acceptors (Lipinski definition) is 10. The van der Waals surface area contributed by atoms with Gasteiger partial charge < -0.3 is 59.3 Å². The molecule has 57 heavy (non-hydrogen) atoms. The van der Waals surface area contributed by atoms with Gasteiger partial charge in [-0.2, -0.15) is 0 Å². The van der Waals surface area contributed by atoms with Gasteiger partial charge in [-0.25, -0.2) is 4.79 Å². The number of aliphatic imine (C=N–C) groups is 1. The Bertz CT molecular complexity index is 1570. The van der Waals surface area contributed by atoms with E-state index in [-0.39, 0.29) is 37.7 Å². The Hall–Kier alpha value is -5.79. The molecule has 0 spiro atoms. The average molecular weight is 805 g/mol. The Morgan fingerprint density at radius 2 is 1.19 bits per heavy atom. The van der Waals surface area contributed by atoms with Crippen molar-refractivity contribution in [3.63, 3.8) is 0 Å². The van der Waals surface area contributed by atoms with Crippen LogP contribution in [0, 0.1) is 11.8 Å². The molecular weight excluding hydrogens is 744 g/mol. The summed E-state index contributed by atoms with van der Waals surface area (Å²) in [5.41, 5.74) is 17.3. The first kappa shape index (κ1) is 49.2. The highest BCUT2D eigenvalue weighted by molar-refractivity contribution is 5.98. The number of amides is 6. The van der Waals surface area contributed by atoms with E-state index in [1.165, 1.54) is 13.8 Å². The minimum atomic E-state index is -1.77. The number of benzene rings is 1. The summed E-state index contributed by atoms with van der Waals surface area (Å²) in [6.07, 6.45) is -0.226. The van der Waals surface area contributed by atoms with Crippen molar-refractivity contribution in [1.82, 2.24) is 31.9 Å². The molecule has 20 nitrogen and oxygen atoms in total. The number of rotatable bonds is 25. The van der Waals surface area contributed by atoms with Crippen LogP contribution < -0.4 is 49.1 Å². The quantitative estimate of drug-likeness (QED) is 0.0296. The fourth-order valence-corrected chi connectivity index (χ4v) is 5.40. The predicted octanol–water partition coefficient (Wildman–Crippen LogP) is -1.79. The summed E-state index contributed by atoms with van der Waals surface area (Å²) in [5.74, 6) is -8.37. The number of guanidine groups is 1. The fraction of sp³-hybridized carbons (Fsp3) is 0.595. The molecule has 14 N–H and O–H groups in total. The Balaban J connectivity index is 3.27. The van der Waals surface area contributed by atoms with Gasteiger partial charge in [-0.3, -0.25) is 38.6 Å². The zero-order valence-corrected chi connectivity index (χ0v) is 33.4. The molecule has 0 radical (unpaired) electrons. The second kappa shape index (κ2) is 24.7. The van der Waals surface area contributed by atoms with Crippen molar-refractivity contribution in [2.75, 3.05) is 6.54 Å². The Morgan fingerprint density at radius 1 is 0.684 bits per heavy atom.